The number of amides is 2. The molecule has 1 aliphatic rings. The number of rotatable bonds is 3. The van der Waals surface area contributed by atoms with Gasteiger partial charge < -0.3 is 11.1 Å². The molecule has 1 aliphatic heterocycles. The van der Waals surface area contributed by atoms with Crippen LogP contribution in [0, 0.1) is 0 Å². The molecule has 0 bridgehead atoms. The van der Waals surface area contributed by atoms with Crippen LogP contribution in [0.3, 0.4) is 0 Å². The molecule has 2 amide bonds. The Kier molecular flexibility index (Phi) is 4.06. The summed E-state index contributed by atoms with van der Waals surface area (Å²) in [6, 6.07) is 4.21. The molecule has 0 fully saturated rings. The number of halogens is 3. The van der Waals surface area contributed by atoms with Crippen LogP contribution in [0.25, 0.3) is 5.57 Å². The van der Waals surface area contributed by atoms with Crippen molar-refractivity contribution >= 4 is 29.0 Å². The van der Waals surface area contributed by atoms with E-state index >= 15 is 0 Å². The topological polar surface area (TPSA) is 130 Å². The van der Waals surface area contributed by atoms with Gasteiger partial charge in [0.1, 0.15) is 0 Å². The van der Waals surface area contributed by atoms with Crippen LogP contribution in [0.2, 0.25) is 0 Å². The summed E-state index contributed by atoms with van der Waals surface area (Å²) in [5.41, 5.74) is 2.92. The van der Waals surface area contributed by atoms with E-state index in [1.165, 1.54) is 12.1 Å². The second-order valence-electron chi connectivity index (χ2n) is 5.34. The predicted molar refractivity (Wildman–Crippen MR) is 82.6 cm³/mol. The highest BCUT2D eigenvalue weighted by atomic mass is 19.4. The number of alkyl halides is 3. The normalized spacial score (nSPS) is 13.8. The Hall–Kier alpha value is -3.50. The molecule has 26 heavy (non-hydrogen) atoms. The molecule has 11 heteroatoms. The van der Waals surface area contributed by atoms with Crippen LogP contribution < -0.4 is 27.3 Å². The van der Waals surface area contributed by atoms with Crippen LogP contribution >= 0.6 is 0 Å². The van der Waals surface area contributed by atoms with Gasteiger partial charge in [-0.1, -0.05) is 6.07 Å². The van der Waals surface area contributed by atoms with Crippen molar-refractivity contribution in [1.29, 1.82) is 0 Å². The fourth-order valence-corrected chi connectivity index (χ4v) is 2.39. The smallest absolute Gasteiger partial charge is 0.366 e. The molecule has 0 spiro atoms. The van der Waals surface area contributed by atoms with Crippen LogP contribution in [0.4, 0.5) is 24.8 Å². The third kappa shape index (κ3) is 3.31. The number of fused-ring (bicyclic) bond motifs is 1. The van der Waals surface area contributed by atoms with E-state index in [2.05, 4.69) is 20.3 Å². The maximum Gasteiger partial charge on any atom is 0.416 e. The number of benzene rings is 1. The third-order valence-corrected chi connectivity index (χ3v) is 3.51. The van der Waals surface area contributed by atoms with Crippen LogP contribution in [0.5, 0.6) is 0 Å². The summed E-state index contributed by atoms with van der Waals surface area (Å²) in [4.78, 5) is 44.9. The Labute approximate surface area is 142 Å². The second kappa shape index (κ2) is 6.10. The molecule has 2 aromatic rings. The summed E-state index contributed by atoms with van der Waals surface area (Å²) >= 11 is 0. The van der Waals surface area contributed by atoms with Gasteiger partial charge in [-0.15, -0.1) is 0 Å². The second-order valence-corrected chi connectivity index (χ2v) is 5.34. The number of anilines is 2. The number of hydrogen-bond donors (Lipinski definition) is 3. The standard InChI is InChI=1S/C15H10F3N5O3/c16-15(17,18)6-2-1-3-7(4-6)20-14-22-12-10(13(26)23-14)8(11(19)25)5-9(24)21-12/h1-4H,5H2,(H2,19,25)(H2,20,21,22,23,24,26). The lowest BCUT2D eigenvalue weighted by atomic mass is 10.1. The van der Waals surface area contributed by atoms with E-state index in [-0.39, 0.29) is 27.9 Å². The number of nitrogens with two attached hydrogens (primary N) is 1. The summed E-state index contributed by atoms with van der Waals surface area (Å²) in [5.74, 6) is -1.91. The summed E-state index contributed by atoms with van der Waals surface area (Å²) in [7, 11) is 0. The van der Waals surface area contributed by atoms with Gasteiger partial charge in [0.25, 0.3) is 11.5 Å². The van der Waals surface area contributed by atoms with Crippen LogP contribution in [0.1, 0.15) is 12.0 Å². The number of nitrogens with one attached hydrogen (secondary N) is 2. The Morgan fingerprint density at radius 1 is 1.27 bits per heavy atom. The molecular weight excluding hydrogens is 355 g/mol. The first-order valence-corrected chi connectivity index (χ1v) is 7.14. The van der Waals surface area contributed by atoms with E-state index < -0.39 is 35.5 Å². The van der Waals surface area contributed by atoms with Gasteiger partial charge in [-0.2, -0.15) is 23.1 Å². The molecule has 4 N–H and O–H groups in total. The van der Waals surface area contributed by atoms with E-state index in [9.17, 15) is 27.6 Å². The molecule has 0 aliphatic carbocycles. The van der Waals surface area contributed by atoms with Crippen LogP contribution in [-0.2, 0) is 15.8 Å². The minimum absolute atomic E-state index is 0.00386. The molecule has 0 atom stereocenters. The number of primary amides is 1. The van der Waals surface area contributed by atoms with Gasteiger partial charge in [0, 0.05) is 11.3 Å². The molecule has 0 radical (unpaired) electrons. The Morgan fingerprint density at radius 2 is 2.00 bits per heavy atom. The monoisotopic (exact) mass is 365 g/mol. The molecule has 3 rings (SSSR count). The van der Waals surface area contributed by atoms with Gasteiger partial charge in [-0.05, 0) is 18.2 Å². The summed E-state index contributed by atoms with van der Waals surface area (Å²) in [6.07, 6.45) is -4.96. The molecule has 134 valence electrons. The van der Waals surface area contributed by atoms with Crippen LogP contribution in [0.15, 0.2) is 34.1 Å². The van der Waals surface area contributed by atoms with Crippen molar-refractivity contribution in [3.8, 4) is 0 Å². The lowest BCUT2D eigenvalue weighted by Crippen LogP contribution is -2.49. The number of nitrogens with zero attached hydrogens (tertiary/aromatic N) is 2. The lowest BCUT2D eigenvalue weighted by Gasteiger charge is -2.11. The zero-order valence-corrected chi connectivity index (χ0v) is 12.8. The van der Waals surface area contributed by atoms with Gasteiger partial charge in [0.15, 0.2) is 5.49 Å². The van der Waals surface area contributed by atoms with Crippen molar-refractivity contribution in [3.63, 3.8) is 0 Å². The number of aromatic nitrogens is 2. The maximum atomic E-state index is 12.8. The van der Waals surface area contributed by atoms with Crippen molar-refractivity contribution < 1.29 is 22.8 Å². The largest absolute Gasteiger partial charge is 0.416 e. The molecule has 1 aromatic heterocycles. The van der Waals surface area contributed by atoms with Gasteiger partial charge in [-0.25, -0.2) is 0 Å². The molecule has 0 saturated carbocycles. The summed E-state index contributed by atoms with van der Waals surface area (Å²) < 4.78 is 38.3. The first-order valence-electron chi connectivity index (χ1n) is 7.14. The third-order valence-electron chi connectivity index (χ3n) is 3.51. The fourth-order valence-electron chi connectivity index (χ4n) is 2.39. The molecule has 1 aromatic carbocycles. The highest BCUT2D eigenvalue weighted by molar-refractivity contribution is 6.17. The first kappa shape index (κ1) is 17.3. The number of H-pyrrole nitrogens is 1. The molecule has 8 nitrogen and oxygen atoms in total. The van der Waals surface area contributed by atoms with Crippen molar-refractivity contribution in [2.45, 2.75) is 12.6 Å². The van der Waals surface area contributed by atoms with Gasteiger partial charge in [-0.3, -0.25) is 19.4 Å². The molecule has 0 unspecified atom stereocenters. The van der Waals surface area contributed by atoms with Crippen LogP contribution in [-0.4, -0.2) is 21.8 Å². The molecule has 0 saturated heterocycles. The summed E-state index contributed by atoms with van der Waals surface area (Å²) in [6.45, 7) is 0. The van der Waals surface area contributed by atoms with Crippen molar-refractivity contribution in [2.24, 2.45) is 10.7 Å². The van der Waals surface area contributed by atoms with Gasteiger partial charge >= 0.3 is 6.18 Å². The SMILES string of the molecule is NC(=O)C1=c2c(nc(Nc3cccc(C(F)(F)F)c3)[nH]c2=O)=NC(=O)C1. The number of hydrogen-bond acceptors (Lipinski definition) is 5. The van der Waals surface area contributed by atoms with Gasteiger partial charge in [0.2, 0.25) is 11.9 Å². The van der Waals surface area contributed by atoms with Crippen molar-refractivity contribution in [1.82, 2.24) is 9.97 Å². The average Bonchev–Trinajstić information content (AvgIpc) is 2.53. The van der Waals surface area contributed by atoms with Crippen molar-refractivity contribution in [3.05, 3.63) is 50.9 Å². The Morgan fingerprint density at radius 3 is 2.65 bits per heavy atom. The van der Waals surface area contributed by atoms with E-state index in [1.54, 1.807) is 0 Å². The maximum absolute atomic E-state index is 12.8. The number of carbonyl (C=O) groups excluding carboxylic acids is 2. The summed E-state index contributed by atoms with van der Waals surface area (Å²) in [5, 5.41) is 2.27. The zero-order chi connectivity index (χ0) is 19.1. The highest BCUT2D eigenvalue weighted by Crippen LogP contribution is 2.30. The van der Waals surface area contributed by atoms with E-state index in [4.69, 9.17) is 5.73 Å². The van der Waals surface area contributed by atoms with Gasteiger partial charge in [0.05, 0.1) is 17.2 Å². The lowest BCUT2D eigenvalue weighted by molar-refractivity contribution is -0.137. The van der Waals surface area contributed by atoms with Crippen molar-refractivity contribution in [2.75, 3.05) is 5.32 Å². The predicted octanol–water partition coefficient (Wildman–Crippen LogP) is -0.282. The minimum Gasteiger partial charge on any atom is -0.366 e. The fraction of sp³-hybridized carbons (Fsp3) is 0.133. The Balaban J connectivity index is 2.10. The quantitative estimate of drug-likeness (QED) is 0.689. The Bertz CT molecular complexity index is 1100. The minimum atomic E-state index is -4.54. The number of carbonyl (C=O) groups is 2. The zero-order valence-electron chi connectivity index (χ0n) is 12.8. The number of aromatic amines is 1. The van der Waals surface area contributed by atoms with E-state index in [1.807, 2.05) is 0 Å². The highest BCUT2D eigenvalue weighted by Gasteiger charge is 2.30. The van der Waals surface area contributed by atoms with E-state index in [0.29, 0.717) is 0 Å². The first-order chi connectivity index (χ1) is 12.1. The molecule has 2 heterocycles. The molecular formula is C15H10F3N5O3. The van der Waals surface area contributed by atoms with E-state index in [0.717, 1.165) is 12.1 Å². The average molecular weight is 365 g/mol.